The highest BCUT2D eigenvalue weighted by Gasteiger charge is 2.24. The summed E-state index contributed by atoms with van der Waals surface area (Å²) >= 11 is 6.24. The fourth-order valence-corrected chi connectivity index (χ4v) is 3.35. The number of benzene rings is 1. The topological polar surface area (TPSA) is 70.7 Å². The van der Waals surface area contributed by atoms with Gasteiger partial charge < -0.3 is 20.3 Å². The van der Waals surface area contributed by atoms with Crippen molar-refractivity contribution in [3.8, 4) is 5.75 Å². The Bertz CT molecular complexity index is 639. The first-order valence-corrected chi connectivity index (χ1v) is 9.56. The van der Waals surface area contributed by atoms with E-state index in [0.717, 1.165) is 19.4 Å². The van der Waals surface area contributed by atoms with Crippen molar-refractivity contribution in [1.82, 2.24) is 10.2 Å². The van der Waals surface area contributed by atoms with Crippen LogP contribution in [0.1, 0.15) is 33.6 Å². The minimum absolute atomic E-state index is 0. The van der Waals surface area contributed by atoms with E-state index in [1.54, 1.807) is 23.1 Å². The van der Waals surface area contributed by atoms with Crippen LogP contribution in [-0.2, 0) is 9.59 Å². The van der Waals surface area contributed by atoms with Gasteiger partial charge in [0.05, 0.1) is 5.02 Å². The van der Waals surface area contributed by atoms with Crippen molar-refractivity contribution >= 4 is 41.5 Å². The smallest absolute Gasteiger partial charge is 0.260 e. The van der Waals surface area contributed by atoms with Crippen LogP contribution in [0.3, 0.4) is 0 Å². The van der Waals surface area contributed by atoms with E-state index in [1.165, 1.54) is 0 Å². The fourth-order valence-electron chi connectivity index (χ4n) is 3.12. The Kier molecular flexibility index (Phi) is 9.91. The molecule has 2 amide bonds. The molecular formula is C19H29Cl2N3O3. The lowest BCUT2D eigenvalue weighted by atomic mass is 9.92. The van der Waals surface area contributed by atoms with Gasteiger partial charge in [-0.3, -0.25) is 9.59 Å². The number of hydrogen-bond acceptors (Lipinski definition) is 4. The van der Waals surface area contributed by atoms with Gasteiger partial charge in [-0.25, -0.2) is 0 Å². The van der Waals surface area contributed by atoms with Gasteiger partial charge in [0.25, 0.3) is 5.91 Å². The summed E-state index contributed by atoms with van der Waals surface area (Å²) < 4.78 is 5.53. The Morgan fingerprint density at radius 3 is 2.63 bits per heavy atom. The van der Waals surface area contributed by atoms with Crippen molar-refractivity contribution in [2.75, 3.05) is 31.6 Å². The number of nitrogens with one attached hydrogen (secondary N) is 2. The number of rotatable bonds is 7. The summed E-state index contributed by atoms with van der Waals surface area (Å²) in [7, 11) is 0. The molecule has 0 bridgehead atoms. The molecule has 1 aromatic carbocycles. The molecule has 1 aliphatic rings. The summed E-state index contributed by atoms with van der Waals surface area (Å²) in [5, 5.41) is 6.63. The molecule has 0 spiro atoms. The van der Waals surface area contributed by atoms with Crippen LogP contribution in [0.2, 0.25) is 5.02 Å². The molecule has 1 fully saturated rings. The molecule has 2 rings (SSSR count). The summed E-state index contributed by atoms with van der Waals surface area (Å²) in [6, 6.07) is 5.42. The number of hydrogen-bond donors (Lipinski definition) is 2. The Morgan fingerprint density at radius 2 is 2.04 bits per heavy atom. The number of halogens is 2. The predicted molar refractivity (Wildman–Crippen MR) is 111 cm³/mol. The molecule has 0 radical (unpaired) electrons. The van der Waals surface area contributed by atoms with E-state index in [1.807, 2.05) is 13.8 Å². The number of amides is 2. The van der Waals surface area contributed by atoms with Crippen molar-refractivity contribution < 1.29 is 14.3 Å². The van der Waals surface area contributed by atoms with E-state index in [9.17, 15) is 9.59 Å². The van der Waals surface area contributed by atoms with Gasteiger partial charge in [0, 0.05) is 30.7 Å². The number of piperidine rings is 1. The Hall–Kier alpha value is -1.50. The van der Waals surface area contributed by atoms with Gasteiger partial charge >= 0.3 is 0 Å². The number of carbonyl (C=O) groups is 2. The average Bonchev–Trinajstić information content (AvgIpc) is 2.62. The van der Waals surface area contributed by atoms with Gasteiger partial charge in [-0.15, -0.1) is 12.4 Å². The van der Waals surface area contributed by atoms with Crippen LogP contribution in [0.25, 0.3) is 0 Å². The van der Waals surface area contributed by atoms with Gasteiger partial charge in [-0.05, 0) is 58.4 Å². The lowest BCUT2D eigenvalue weighted by Gasteiger charge is -2.27. The third-order valence-electron chi connectivity index (χ3n) is 4.66. The van der Waals surface area contributed by atoms with Gasteiger partial charge in [0.15, 0.2) is 6.61 Å². The molecule has 2 N–H and O–H groups in total. The molecular weight excluding hydrogens is 389 g/mol. The van der Waals surface area contributed by atoms with E-state index < -0.39 is 0 Å². The van der Waals surface area contributed by atoms with E-state index in [4.69, 9.17) is 16.3 Å². The highest BCUT2D eigenvalue weighted by Crippen LogP contribution is 2.28. The van der Waals surface area contributed by atoms with E-state index in [2.05, 4.69) is 17.6 Å². The van der Waals surface area contributed by atoms with Crippen LogP contribution in [0, 0.1) is 5.92 Å². The standard InChI is InChI=1S/C19H28ClN3O3.ClH/c1-4-23(5-2)18(24)12-26-17-7-6-15(11-16(17)20)22-19(25)14-8-9-21-13(3)10-14;/h6-7,11,13-14,21H,4-5,8-10,12H2,1-3H3,(H,22,25);1H/t13-,14-;/m0./s1. The summed E-state index contributed by atoms with van der Waals surface area (Å²) in [4.78, 5) is 26.1. The molecule has 152 valence electrons. The molecule has 0 aromatic heterocycles. The van der Waals surface area contributed by atoms with E-state index in [0.29, 0.717) is 35.6 Å². The summed E-state index contributed by atoms with van der Waals surface area (Å²) in [6.07, 6.45) is 1.66. The maximum atomic E-state index is 12.4. The quantitative estimate of drug-likeness (QED) is 0.713. The second kappa shape index (κ2) is 11.4. The molecule has 27 heavy (non-hydrogen) atoms. The zero-order chi connectivity index (χ0) is 19.1. The second-order valence-corrected chi connectivity index (χ2v) is 6.97. The monoisotopic (exact) mass is 417 g/mol. The van der Waals surface area contributed by atoms with Crippen molar-refractivity contribution in [1.29, 1.82) is 0 Å². The fraction of sp³-hybridized carbons (Fsp3) is 0.579. The number of ether oxygens (including phenoxy) is 1. The Balaban J connectivity index is 0.00000364. The second-order valence-electron chi connectivity index (χ2n) is 6.57. The van der Waals surface area contributed by atoms with Gasteiger partial charge in [-0.2, -0.15) is 0 Å². The van der Waals surface area contributed by atoms with Crippen molar-refractivity contribution in [3.05, 3.63) is 23.2 Å². The maximum absolute atomic E-state index is 12.4. The third kappa shape index (κ3) is 6.87. The first-order chi connectivity index (χ1) is 12.4. The molecule has 1 aromatic rings. The minimum Gasteiger partial charge on any atom is -0.482 e. The first-order valence-electron chi connectivity index (χ1n) is 9.18. The van der Waals surface area contributed by atoms with Gasteiger partial charge in [-0.1, -0.05) is 11.6 Å². The maximum Gasteiger partial charge on any atom is 0.260 e. The molecule has 2 atom stereocenters. The van der Waals surface area contributed by atoms with Gasteiger partial charge in [0.2, 0.25) is 5.91 Å². The number of nitrogens with zero attached hydrogens (tertiary/aromatic N) is 1. The highest BCUT2D eigenvalue weighted by molar-refractivity contribution is 6.32. The highest BCUT2D eigenvalue weighted by atomic mass is 35.5. The number of likely N-dealkylation sites (N-methyl/N-ethyl adjacent to an activating group) is 1. The first kappa shape index (κ1) is 23.5. The SMILES string of the molecule is CCN(CC)C(=O)COc1ccc(NC(=O)[C@H]2CCN[C@@H](C)C2)cc1Cl.Cl. The molecule has 6 nitrogen and oxygen atoms in total. The number of carbonyl (C=O) groups excluding carboxylic acids is 2. The number of anilines is 1. The molecule has 1 aliphatic heterocycles. The van der Waals surface area contributed by atoms with Crippen LogP contribution in [0.4, 0.5) is 5.69 Å². The summed E-state index contributed by atoms with van der Waals surface area (Å²) in [5.74, 6) is 0.372. The lowest BCUT2D eigenvalue weighted by molar-refractivity contribution is -0.133. The summed E-state index contributed by atoms with van der Waals surface area (Å²) in [6.45, 7) is 8.03. The van der Waals surface area contributed by atoms with Crippen LogP contribution in [-0.4, -0.2) is 49.0 Å². The third-order valence-corrected chi connectivity index (χ3v) is 4.96. The molecule has 1 saturated heterocycles. The van der Waals surface area contributed by atoms with Crippen molar-refractivity contribution in [3.63, 3.8) is 0 Å². The predicted octanol–water partition coefficient (Wildman–Crippen LogP) is 3.34. The summed E-state index contributed by atoms with van der Waals surface area (Å²) in [5.41, 5.74) is 0.633. The zero-order valence-electron chi connectivity index (χ0n) is 16.1. The normalized spacial score (nSPS) is 19.0. The van der Waals surface area contributed by atoms with E-state index >= 15 is 0 Å². The molecule has 0 unspecified atom stereocenters. The van der Waals surface area contributed by atoms with Crippen LogP contribution < -0.4 is 15.4 Å². The zero-order valence-corrected chi connectivity index (χ0v) is 17.7. The van der Waals surface area contributed by atoms with Crippen LogP contribution in [0.5, 0.6) is 5.75 Å². The van der Waals surface area contributed by atoms with E-state index in [-0.39, 0.29) is 36.7 Å². The van der Waals surface area contributed by atoms with Gasteiger partial charge in [0.1, 0.15) is 5.75 Å². The Morgan fingerprint density at radius 1 is 1.33 bits per heavy atom. The minimum atomic E-state index is -0.0801. The van der Waals surface area contributed by atoms with Crippen LogP contribution >= 0.6 is 24.0 Å². The molecule has 8 heteroatoms. The Labute approximate surface area is 172 Å². The lowest BCUT2D eigenvalue weighted by Crippen LogP contribution is -2.40. The molecule has 0 saturated carbocycles. The molecule has 1 heterocycles. The van der Waals surface area contributed by atoms with Crippen LogP contribution in [0.15, 0.2) is 18.2 Å². The average molecular weight is 418 g/mol. The largest absolute Gasteiger partial charge is 0.482 e. The van der Waals surface area contributed by atoms with Crippen molar-refractivity contribution in [2.45, 2.75) is 39.7 Å². The molecule has 0 aliphatic carbocycles. The van der Waals surface area contributed by atoms with Crippen molar-refractivity contribution in [2.24, 2.45) is 5.92 Å².